The maximum absolute atomic E-state index is 5.20. The number of benzene rings is 3. The monoisotopic (exact) mass is 287 g/mol. The van der Waals surface area contributed by atoms with E-state index in [9.17, 15) is 0 Å². The van der Waals surface area contributed by atoms with Gasteiger partial charge in [-0.2, -0.15) is 0 Å². The fourth-order valence-corrected chi connectivity index (χ4v) is 3.07. The van der Waals surface area contributed by atoms with Crippen molar-refractivity contribution < 1.29 is 4.74 Å². The SMILES string of the molecule is COc1ccc(Nc2cc3c4c(cccc4c2)CC=C3)cc1. The molecule has 1 aliphatic carbocycles. The van der Waals surface area contributed by atoms with E-state index in [-0.39, 0.29) is 0 Å². The molecular formula is C20H17NO. The first-order valence-corrected chi connectivity index (χ1v) is 7.47. The molecule has 1 N–H and O–H groups in total. The van der Waals surface area contributed by atoms with Crippen LogP contribution in [0.1, 0.15) is 11.1 Å². The van der Waals surface area contributed by atoms with Gasteiger partial charge in [-0.1, -0.05) is 30.4 Å². The molecule has 0 aromatic heterocycles. The van der Waals surface area contributed by atoms with E-state index >= 15 is 0 Å². The van der Waals surface area contributed by atoms with Gasteiger partial charge in [0.2, 0.25) is 0 Å². The minimum absolute atomic E-state index is 0.867. The maximum Gasteiger partial charge on any atom is 0.119 e. The van der Waals surface area contributed by atoms with Crippen molar-refractivity contribution in [1.29, 1.82) is 0 Å². The average molecular weight is 287 g/mol. The Hall–Kier alpha value is -2.74. The van der Waals surface area contributed by atoms with Crippen molar-refractivity contribution in [2.45, 2.75) is 6.42 Å². The standard InChI is InChI=1S/C20H17NO/c1-22-19-10-8-17(9-11-19)21-18-12-15-6-2-4-14-5-3-7-16(13-18)20(14)15/h2-4,6-13,21H,5H2,1H3. The smallest absolute Gasteiger partial charge is 0.119 e. The van der Waals surface area contributed by atoms with Crippen LogP contribution >= 0.6 is 0 Å². The van der Waals surface area contributed by atoms with Gasteiger partial charge >= 0.3 is 0 Å². The summed E-state index contributed by atoms with van der Waals surface area (Å²) in [5.74, 6) is 0.867. The lowest BCUT2D eigenvalue weighted by atomic mass is 9.92. The highest BCUT2D eigenvalue weighted by atomic mass is 16.5. The van der Waals surface area contributed by atoms with Gasteiger partial charge in [-0.15, -0.1) is 0 Å². The minimum Gasteiger partial charge on any atom is -0.497 e. The van der Waals surface area contributed by atoms with E-state index in [1.807, 2.05) is 24.3 Å². The largest absolute Gasteiger partial charge is 0.497 e. The van der Waals surface area contributed by atoms with Crippen molar-refractivity contribution in [3.63, 3.8) is 0 Å². The van der Waals surface area contributed by atoms with Crippen molar-refractivity contribution in [1.82, 2.24) is 0 Å². The van der Waals surface area contributed by atoms with E-state index in [1.165, 1.54) is 21.9 Å². The highest BCUT2D eigenvalue weighted by Gasteiger charge is 2.09. The van der Waals surface area contributed by atoms with Gasteiger partial charge < -0.3 is 10.1 Å². The Morgan fingerprint density at radius 3 is 2.64 bits per heavy atom. The van der Waals surface area contributed by atoms with Crippen molar-refractivity contribution >= 4 is 28.2 Å². The molecule has 0 saturated carbocycles. The highest BCUT2D eigenvalue weighted by molar-refractivity contribution is 5.97. The number of methoxy groups -OCH3 is 1. The summed E-state index contributed by atoms with van der Waals surface area (Å²) < 4.78 is 5.20. The summed E-state index contributed by atoms with van der Waals surface area (Å²) in [6.07, 6.45) is 5.47. The Labute approximate surface area is 130 Å². The third-order valence-corrected chi connectivity index (χ3v) is 4.11. The first-order valence-electron chi connectivity index (χ1n) is 7.47. The molecule has 1 aliphatic rings. The predicted molar refractivity (Wildman–Crippen MR) is 93.0 cm³/mol. The Morgan fingerprint density at radius 2 is 1.82 bits per heavy atom. The molecule has 2 nitrogen and oxygen atoms in total. The minimum atomic E-state index is 0.867. The lowest BCUT2D eigenvalue weighted by molar-refractivity contribution is 0.415. The fourth-order valence-electron chi connectivity index (χ4n) is 3.07. The summed E-state index contributed by atoms with van der Waals surface area (Å²) in [5, 5.41) is 6.14. The molecule has 0 unspecified atom stereocenters. The number of allylic oxidation sites excluding steroid dienone is 1. The van der Waals surface area contributed by atoms with Crippen LogP contribution in [0.2, 0.25) is 0 Å². The first-order chi connectivity index (χ1) is 10.8. The molecule has 0 saturated heterocycles. The second-order valence-electron chi connectivity index (χ2n) is 5.54. The van der Waals surface area contributed by atoms with Gasteiger partial charge in [0.05, 0.1) is 7.11 Å². The molecule has 0 atom stereocenters. The zero-order valence-corrected chi connectivity index (χ0v) is 12.5. The van der Waals surface area contributed by atoms with E-state index in [1.54, 1.807) is 7.11 Å². The van der Waals surface area contributed by atoms with E-state index in [0.29, 0.717) is 0 Å². The molecule has 0 fully saturated rings. The lowest BCUT2D eigenvalue weighted by Gasteiger charge is -2.15. The number of hydrogen-bond acceptors (Lipinski definition) is 2. The molecule has 0 heterocycles. The second-order valence-corrected chi connectivity index (χ2v) is 5.54. The molecule has 0 aliphatic heterocycles. The van der Waals surface area contributed by atoms with E-state index in [2.05, 4.69) is 47.8 Å². The quantitative estimate of drug-likeness (QED) is 0.718. The number of rotatable bonds is 3. The summed E-state index contributed by atoms with van der Waals surface area (Å²) >= 11 is 0. The lowest BCUT2D eigenvalue weighted by Crippen LogP contribution is -1.96. The fraction of sp³-hybridized carbons (Fsp3) is 0.100. The van der Waals surface area contributed by atoms with Gasteiger partial charge in [0, 0.05) is 11.4 Å². The number of nitrogens with one attached hydrogen (secondary N) is 1. The van der Waals surface area contributed by atoms with Crippen LogP contribution < -0.4 is 10.1 Å². The van der Waals surface area contributed by atoms with Crippen molar-refractivity contribution in [3.8, 4) is 5.75 Å². The molecule has 0 amide bonds. The van der Waals surface area contributed by atoms with Gasteiger partial charge in [-0.3, -0.25) is 0 Å². The van der Waals surface area contributed by atoms with Gasteiger partial charge in [0.1, 0.15) is 5.75 Å². The predicted octanol–water partition coefficient (Wildman–Crippen LogP) is 5.16. The summed E-state index contributed by atoms with van der Waals surface area (Å²) in [4.78, 5) is 0. The molecule has 0 bridgehead atoms. The van der Waals surface area contributed by atoms with Crippen LogP contribution in [0.4, 0.5) is 11.4 Å². The molecule has 4 rings (SSSR count). The van der Waals surface area contributed by atoms with Gasteiger partial charge in [-0.25, -0.2) is 0 Å². The maximum atomic E-state index is 5.20. The van der Waals surface area contributed by atoms with Crippen LogP contribution in [0, 0.1) is 0 Å². The molecular weight excluding hydrogens is 270 g/mol. The number of ether oxygens (including phenoxy) is 1. The molecule has 3 aromatic carbocycles. The number of anilines is 2. The number of hydrogen-bond donors (Lipinski definition) is 1. The Morgan fingerprint density at radius 1 is 0.955 bits per heavy atom. The molecule has 0 radical (unpaired) electrons. The van der Waals surface area contributed by atoms with E-state index < -0.39 is 0 Å². The van der Waals surface area contributed by atoms with Gasteiger partial charge in [0.25, 0.3) is 0 Å². The summed E-state index contributed by atoms with van der Waals surface area (Å²) in [6, 6.07) is 18.9. The van der Waals surface area contributed by atoms with Crippen LogP contribution in [0.5, 0.6) is 5.75 Å². The topological polar surface area (TPSA) is 21.3 Å². The molecule has 3 aromatic rings. The molecule has 22 heavy (non-hydrogen) atoms. The van der Waals surface area contributed by atoms with Crippen LogP contribution in [0.25, 0.3) is 16.8 Å². The Kier molecular flexibility index (Phi) is 3.08. The summed E-state index contributed by atoms with van der Waals surface area (Å²) in [5.41, 5.74) is 4.86. The van der Waals surface area contributed by atoms with Gasteiger partial charge in [-0.05, 0) is 64.7 Å². The molecule has 0 spiro atoms. The Balaban J connectivity index is 1.74. The summed E-state index contributed by atoms with van der Waals surface area (Å²) in [7, 11) is 1.68. The summed E-state index contributed by atoms with van der Waals surface area (Å²) in [6.45, 7) is 0. The van der Waals surface area contributed by atoms with Crippen molar-refractivity contribution in [2.24, 2.45) is 0 Å². The van der Waals surface area contributed by atoms with Crippen LogP contribution in [0.15, 0.2) is 60.7 Å². The third-order valence-electron chi connectivity index (χ3n) is 4.11. The van der Waals surface area contributed by atoms with Gasteiger partial charge in [0.15, 0.2) is 0 Å². The molecule has 2 heteroatoms. The molecule has 108 valence electrons. The van der Waals surface area contributed by atoms with Crippen molar-refractivity contribution in [3.05, 3.63) is 71.8 Å². The average Bonchev–Trinajstić information content (AvgIpc) is 2.56. The van der Waals surface area contributed by atoms with Crippen LogP contribution in [-0.2, 0) is 6.42 Å². The Bertz CT molecular complexity index is 863. The zero-order chi connectivity index (χ0) is 14.9. The third kappa shape index (κ3) is 2.23. The van der Waals surface area contributed by atoms with E-state index in [4.69, 9.17) is 4.74 Å². The van der Waals surface area contributed by atoms with Crippen LogP contribution in [-0.4, -0.2) is 7.11 Å². The van der Waals surface area contributed by atoms with E-state index in [0.717, 1.165) is 23.5 Å². The first kappa shape index (κ1) is 13.0. The zero-order valence-electron chi connectivity index (χ0n) is 12.5. The normalized spacial score (nSPS) is 12.4. The van der Waals surface area contributed by atoms with Crippen LogP contribution in [0.3, 0.4) is 0 Å². The van der Waals surface area contributed by atoms with Crippen molar-refractivity contribution in [2.75, 3.05) is 12.4 Å². The second kappa shape index (κ2) is 5.23. The highest BCUT2D eigenvalue weighted by Crippen LogP contribution is 2.32.